The number of aliphatic hydroxyl groups is 2. The molecule has 0 aliphatic rings. The number of esters is 2. The molecule has 0 saturated carbocycles. The highest BCUT2D eigenvalue weighted by atomic mass is 31.2. The van der Waals surface area contributed by atoms with Gasteiger partial charge in [-0.3, -0.25) is 14.2 Å². The molecule has 0 radical (unpaired) electrons. The van der Waals surface area contributed by atoms with Gasteiger partial charge in [-0.1, -0.05) is 0 Å². The summed E-state index contributed by atoms with van der Waals surface area (Å²) in [6, 6.07) is 0. The number of carbonyl (C=O) groups excluding carboxylic acids is 2. The first-order valence-electron chi connectivity index (χ1n) is 7.22. The minimum Gasteiger partial charge on any atom is -0.466 e. The van der Waals surface area contributed by atoms with Crippen LogP contribution in [0.2, 0.25) is 0 Å². The van der Waals surface area contributed by atoms with Gasteiger partial charge in [-0.25, -0.2) is 0 Å². The molecule has 0 saturated heterocycles. The first-order chi connectivity index (χ1) is 10.8. The topological polar surface area (TPSA) is 129 Å². The van der Waals surface area contributed by atoms with Crippen LogP contribution in [0.15, 0.2) is 0 Å². The Balaban J connectivity index is 4.43. The number of ether oxygens (including phenoxy) is 2. The van der Waals surface area contributed by atoms with E-state index in [2.05, 4.69) is 0 Å². The van der Waals surface area contributed by atoms with Crippen molar-refractivity contribution in [2.75, 3.05) is 46.3 Å². The van der Waals surface area contributed by atoms with E-state index < -0.39 is 44.6 Å². The van der Waals surface area contributed by atoms with Crippen LogP contribution >= 0.6 is 7.60 Å². The van der Waals surface area contributed by atoms with Gasteiger partial charge in [0.15, 0.2) is 0 Å². The third-order valence-corrected chi connectivity index (χ3v) is 3.94. The van der Waals surface area contributed by atoms with Crippen LogP contribution in [-0.4, -0.2) is 68.5 Å². The number of rotatable bonds is 12. The Bertz CT molecular complexity index is 378. The standard InChI is InChI=1S/C13H25O9P/c1-4-19-12(16)10(6-14)8-21-23(3,18)22-9-11(7-15)13(17)20-5-2/h10-11,14-15H,4-9H2,1-3H3. The van der Waals surface area contributed by atoms with E-state index in [9.17, 15) is 14.2 Å². The molecule has 0 aromatic heterocycles. The molecule has 0 spiro atoms. The number of hydrogen-bond donors (Lipinski definition) is 2. The smallest absolute Gasteiger partial charge is 0.327 e. The van der Waals surface area contributed by atoms with E-state index in [1.54, 1.807) is 13.8 Å². The molecule has 0 amide bonds. The van der Waals surface area contributed by atoms with E-state index in [-0.39, 0.29) is 26.4 Å². The van der Waals surface area contributed by atoms with Gasteiger partial charge < -0.3 is 28.7 Å². The SMILES string of the molecule is CCOC(=O)C(CO)COP(C)(=O)OCC(CO)C(=O)OCC. The molecule has 0 fully saturated rings. The van der Waals surface area contributed by atoms with E-state index in [0.29, 0.717) is 0 Å². The molecule has 2 N–H and O–H groups in total. The molecule has 0 aromatic carbocycles. The van der Waals surface area contributed by atoms with Crippen molar-refractivity contribution in [2.24, 2.45) is 11.8 Å². The Morgan fingerprint density at radius 1 is 0.913 bits per heavy atom. The summed E-state index contributed by atoms with van der Waals surface area (Å²) in [4.78, 5) is 23.0. The van der Waals surface area contributed by atoms with Crippen LogP contribution in [0.4, 0.5) is 0 Å². The maximum atomic E-state index is 12.1. The predicted octanol–water partition coefficient (Wildman–Crippen LogP) is 0.186. The molecule has 0 rings (SSSR count). The highest BCUT2D eigenvalue weighted by Crippen LogP contribution is 2.44. The second-order valence-electron chi connectivity index (χ2n) is 4.63. The second-order valence-corrected chi connectivity index (χ2v) is 6.69. The van der Waals surface area contributed by atoms with E-state index in [4.69, 9.17) is 28.7 Å². The first-order valence-corrected chi connectivity index (χ1v) is 9.21. The van der Waals surface area contributed by atoms with Crippen molar-refractivity contribution in [1.82, 2.24) is 0 Å². The zero-order valence-corrected chi connectivity index (χ0v) is 14.5. The highest BCUT2D eigenvalue weighted by Gasteiger charge is 2.27. The minimum atomic E-state index is -3.58. The van der Waals surface area contributed by atoms with Gasteiger partial charge in [0, 0.05) is 6.66 Å². The lowest BCUT2D eigenvalue weighted by molar-refractivity contribution is -0.151. The molecule has 0 heterocycles. The van der Waals surface area contributed by atoms with Crippen molar-refractivity contribution in [3.8, 4) is 0 Å². The van der Waals surface area contributed by atoms with Gasteiger partial charge in [0.05, 0.1) is 39.6 Å². The molecule has 0 aliphatic heterocycles. The van der Waals surface area contributed by atoms with Gasteiger partial charge in [0.25, 0.3) is 0 Å². The number of aliphatic hydroxyl groups excluding tert-OH is 2. The quantitative estimate of drug-likeness (QED) is 0.372. The lowest BCUT2D eigenvalue weighted by Gasteiger charge is -2.19. The van der Waals surface area contributed by atoms with Crippen molar-refractivity contribution in [3.05, 3.63) is 0 Å². The molecule has 23 heavy (non-hydrogen) atoms. The lowest BCUT2D eigenvalue weighted by Crippen LogP contribution is -2.27. The second kappa shape index (κ2) is 11.5. The minimum absolute atomic E-state index is 0.146. The summed E-state index contributed by atoms with van der Waals surface area (Å²) in [7, 11) is -3.58. The van der Waals surface area contributed by atoms with Crippen molar-refractivity contribution >= 4 is 19.5 Å². The van der Waals surface area contributed by atoms with Crippen molar-refractivity contribution in [3.63, 3.8) is 0 Å². The van der Waals surface area contributed by atoms with E-state index in [0.717, 1.165) is 6.66 Å². The average molecular weight is 356 g/mol. The summed E-state index contributed by atoms with van der Waals surface area (Å²) < 4.78 is 31.6. The summed E-state index contributed by atoms with van der Waals surface area (Å²) in [6.45, 7) is 2.92. The fourth-order valence-corrected chi connectivity index (χ4v) is 2.37. The molecule has 0 aromatic rings. The molecule has 136 valence electrons. The van der Waals surface area contributed by atoms with Crippen LogP contribution in [0.5, 0.6) is 0 Å². The summed E-state index contributed by atoms with van der Waals surface area (Å²) in [5.74, 6) is -3.31. The van der Waals surface area contributed by atoms with Crippen LogP contribution in [0.1, 0.15) is 13.8 Å². The predicted molar refractivity (Wildman–Crippen MR) is 79.9 cm³/mol. The maximum Gasteiger partial charge on any atom is 0.327 e. The van der Waals surface area contributed by atoms with Gasteiger partial charge in [0.1, 0.15) is 11.8 Å². The Kier molecular flexibility index (Phi) is 11.0. The Morgan fingerprint density at radius 3 is 1.52 bits per heavy atom. The summed E-state index contributed by atoms with van der Waals surface area (Å²) >= 11 is 0. The van der Waals surface area contributed by atoms with E-state index in [1.165, 1.54) is 0 Å². The van der Waals surface area contributed by atoms with Gasteiger partial charge in [-0.15, -0.1) is 0 Å². The van der Waals surface area contributed by atoms with Crippen molar-refractivity contribution in [2.45, 2.75) is 13.8 Å². The molecule has 0 aliphatic carbocycles. The number of carbonyl (C=O) groups is 2. The van der Waals surface area contributed by atoms with Gasteiger partial charge >= 0.3 is 19.5 Å². The molecule has 10 heteroatoms. The normalized spacial score (nSPS) is 16.2. The molecular formula is C13H25O9P. The third kappa shape index (κ3) is 9.02. The average Bonchev–Trinajstić information content (AvgIpc) is 2.49. The summed E-state index contributed by atoms with van der Waals surface area (Å²) in [5.41, 5.74) is 0. The van der Waals surface area contributed by atoms with Crippen molar-refractivity contribution < 1.29 is 42.9 Å². The largest absolute Gasteiger partial charge is 0.466 e. The molecule has 2 unspecified atom stereocenters. The molecule has 2 atom stereocenters. The summed E-state index contributed by atoms with van der Waals surface area (Å²) in [5, 5.41) is 18.2. The molecular weight excluding hydrogens is 331 g/mol. The molecule has 9 nitrogen and oxygen atoms in total. The van der Waals surface area contributed by atoms with E-state index >= 15 is 0 Å². The summed E-state index contributed by atoms with van der Waals surface area (Å²) in [6.07, 6.45) is 0. The zero-order valence-electron chi connectivity index (χ0n) is 13.6. The molecule has 0 bridgehead atoms. The van der Waals surface area contributed by atoms with Crippen LogP contribution in [0.3, 0.4) is 0 Å². The number of hydrogen-bond acceptors (Lipinski definition) is 9. The van der Waals surface area contributed by atoms with E-state index in [1.807, 2.05) is 0 Å². The Morgan fingerprint density at radius 2 is 1.26 bits per heavy atom. The van der Waals surface area contributed by atoms with Gasteiger partial charge in [-0.2, -0.15) is 0 Å². The Hall–Kier alpha value is -0.990. The third-order valence-electron chi connectivity index (χ3n) is 2.70. The fraction of sp³-hybridized carbons (Fsp3) is 0.846. The highest BCUT2D eigenvalue weighted by molar-refractivity contribution is 7.52. The monoisotopic (exact) mass is 356 g/mol. The van der Waals surface area contributed by atoms with Crippen LogP contribution in [-0.2, 0) is 32.7 Å². The van der Waals surface area contributed by atoms with Crippen LogP contribution in [0, 0.1) is 11.8 Å². The van der Waals surface area contributed by atoms with Crippen LogP contribution < -0.4 is 0 Å². The van der Waals surface area contributed by atoms with Crippen molar-refractivity contribution in [1.29, 1.82) is 0 Å². The van der Waals surface area contributed by atoms with Gasteiger partial charge in [-0.05, 0) is 13.8 Å². The fourth-order valence-electron chi connectivity index (χ4n) is 1.40. The first kappa shape index (κ1) is 22.0. The van der Waals surface area contributed by atoms with Gasteiger partial charge in [0.2, 0.25) is 0 Å². The maximum absolute atomic E-state index is 12.1. The Labute approximate surface area is 135 Å². The lowest BCUT2D eigenvalue weighted by atomic mass is 10.2. The van der Waals surface area contributed by atoms with Crippen LogP contribution in [0.25, 0.3) is 0 Å². The zero-order chi connectivity index (χ0) is 17.9.